The standard InChI is InChI=1S/C15H26N2O3/c1-4-12-13(18)17(10-11-8-7-9-20-11)15(5-2,6-3)14(19)16-12/h11-12H,4-10H2,1-3H3,(H,16,19). The number of hydrogen-bond acceptors (Lipinski definition) is 3. The molecule has 2 rings (SSSR count). The average molecular weight is 282 g/mol. The van der Waals surface area contributed by atoms with E-state index in [1.165, 1.54) is 0 Å². The van der Waals surface area contributed by atoms with E-state index >= 15 is 0 Å². The minimum Gasteiger partial charge on any atom is -0.376 e. The molecule has 2 amide bonds. The van der Waals surface area contributed by atoms with Gasteiger partial charge in [0.2, 0.25) is 11.8 Å². The van der Waals surface area contributed by atoms with Crippen LogP contribution in [0.2, 0.25) is 0 Å². The molecule has 2 aliphatic rings. The van der Waals surface area contributed by atoms with Gasteiger partial charge in [-0.15, -0.1) is 0 Å². The molecule has 2 fully saturated rings. The minimum absolute atomic E-state index is 0.00746. The fourth-order valence-corrected chi connectivity index (χ4v) is 3.36. The van der Waals surface area contributed by atoms with Gasteiger partial charge in [0.25, 0.3) is 0 Å². The van der Waals surface area contributed by atoms with Crippen molar-refractivity contribution in [1.82, 2.24) is 10.2 Å². The van der Waals surface area contributed by atoms with E-state index in [2.05, 4.69) is 5.32 Å². The van der Waals surface area contributed by atoms with Crippen LogP contribution >= 0.6 is 0 Å². The monoisotopic (exact) mass is 282 g/mol. The van der Waals surface area contributed by atoms with Gasteiger partial charge >= 0.3 is 0 Å². The lowest BCUT2D eigenvalue weighted by atomic mass is 9.85. The predicted molar refractivity (Wildman–Crippen MR) is 76.2 cm³/mol. The van der Waals surface area contributed by atoms with Gasteiger partial charge in [0.1, 0.15) is 11.6 Å². The lowest BCUT2D eigenvalue weighted by Crippen LogP contribution is -2.71. The molecular formula is C15H26N2O3. The molecule has 0 bridgehead atoms. The number of nitrogens with one attached hydrogen (secondary N) is 1. The molecule has 0 aromatic heterocycles. The first-order valence-electron chi connectivity index (χ1n) is 7.83. The van der Waals surface area contributed by atoms with E-state index in [-0.39, 0.29) is 24.0 Å². The van der Waals surface area contributed by atoms with Crippen LogP contribution in [0.4, 0.5) is 0 Å². The molecule has 2 atom stereocenters. The molecule has 5 nitrogen and oxygen atoms in total. The van der Waals surface area contributed by atoms with Gasteiger partial charge in [-0.25, -0.2) is 0 Å². The van der Waals surface area contributed by atoms with Crippen molar-refractivity contribution >= 4 is 11.8 Å². The lowest BCUT2D eigenvalue weighted by Gasteiger charge is -2.48. The van der Waals surface area contributed by atoms with Crippen LogP contribution in [0, 0.1) is 0 Å². The SMILES string of the molecule is CCC1NC(=O)C(CC)(CC)N(CC2CCCO2)C1=O. The maximum absolute atomic E-state index is 12.7. The van der Waals surface area contributed by atoms with Crippen LogP contribution < -0.4 is 5.32 Å². The van der Waals surface area contributed by atoms with Crippen molar-refractivity contribution < 1.29 is 14.3 Å². The summed E-state index contributed by atoms with van der Waals surface area (Å²) in [7, 11) is 0. The minimum atomic E-state index is -0.700. The molecule has 5 heteroatoms. The van der Waals surface area contributed by atoms with Crippen LogP contribution in [0.3, 0.4) is 0 Å². The number of carbonyl (C=O) groups excluding carboxylic acids is 2. The molecule has 0 aromatic rings. The number of hydrogen-bond donors (Lipinski definition) is 1. The zero-order valence-electron chi connectivity index (χ0n) is 12.8. The molecule has 0 saturated carbocycles. The van der Waals surface area contributed by atoms with E-state index in [9.17, 15) is 9.59 Å². The highest BCUT2D eigenvalue weighted by molar-refractivity contribution is 5.99. The molecular weight excluding hydrogens is 256 g/mol. The predicted octanol–water partition coefficient (Wildman–Crippen LogP) is 1.46. The van der Waals surface area contributed by atoms with E-state index in [1.807, 2.05) is 20.8 Å². The number of amides is 2. The zero-order valence-corrected chi connectivity index (χ0v) is 12.8. The van der Waals surface area contributed by atoms with Crippen molar-refractivity contribution in [2.24, 2.45) is 0 Å². The topological polar surface area (TPSA) is 58.6 Å². The number of piperazine rings is 1. The smallest absolute Gasteiger partial charge is 0.246 e. The van der Waals surface area contributed by atoms with E-state index in [0.29, 0.717) is 25.8 Å². The first kappa shape index (κ1) is 15.3. The third kappa shape index (κ3) is 2.43. The van der Waals surface area contributed by atoms with Crippen LogP contribution in [0.1, 0.15) is 52.9 Å². The first-order chi connectivity index (χ1) is 9.58. The maximum Gasteiger partial charge on any atom is 0.246 e. The third-order valence-electron chi connectivity index (χ3n) is 4.80. The Hall–Kier alpha value is -1.10. The number of ether oxygens (including phenoxy) is 1. The molecule has 0 spiro atoms. The summed E-state index contributed by atoms with van der Waals surface area (Å²) >= 11 is 0. The van der Waals surface area contributed by atoms with Gasteiger partial charge in [-0.1, -0.05) is 20.8 Å². The average Bonchev–Trinajstić information content (AvgIpc) is 2.96. The van der Waals surface area contributed by atoms with Gasteiger partial charge in [-0.2, -0.15) is 0 Å². The zero-order chi connectivity index (χ0) is 14.8. The molecule has 0 aliphatic carbocycles. The van der Waals surface area contributed by atoms with Crippen molar-refractivity contribution in [3.8, 4) is 0 Å². The van der Waals surface area contributed by atoms with Gasteiger partial charge in [0, 0.05) is 13.2 Å². The Bertz CT molecular complexity index is 373. The van der Waals surface area contributed by atoms with Gasteiger partial charge in [0.15, 0.2) is 0 Å². The van der Waals surface area contributed by atoms with Crippen LogP contribution in [-0.2, 0) is 14.3 Å². The summed E-state index contributed by atoms with van der Waals surface area (Å²) in [6, 6.07) is -0.380. The molecule has 114 valence electrons. The van der Waals surface area contributed by atoms with E-state index in [4.69, 9.17) is 4.74 Å². The molecule has 2 saturated heterocycles. The molecule has 1 N–H and O–H groups in total. The van der Waals surface area contributed by atoms with Crippen LogP contribution in [0.15, 0.2) is 0 Å². The van der Waals surface area contributed by atoms with Gasteiger partial charge in [0.05, 0.1) is 6.10 Å². The Balaban J connectivity index is 2.26. The summed E-state index contributed by atoms with van der Waals surface area (Å²) in [6.07, 6.45) is 4.03. The second-order valence-corrected chi connectivity index (χ2v) is 5.76. The first-order valence-corrected chi connectivity index (χ1v) is 7.83. The molecule has 2 unspecified atom stereocenters. The van der Waals surface area contributed by atoms with Crippen LogP contribution in [0.25, 0.3) is 0 Å². The van der Waals surface area contributed by atoms with Crippen molar-refractivity contribution in [1.29, 1.82) is 0 Å². The van der Waals surface area contributed by atoms with Gasteiger partial charge < -0.3 is 15.0 Å². The Morgan fingerprint density at radius 3 is 2.50 bits per heavy atom. The second-order valence-electron chi connectivity index (χ2n) is 5.76. The summed E-state index contributed by atoms with van der Waals surface area (Å²) in [5.74, 6) is 0.0400. The highest BCUT2D eigenvalue weighted by atomic mass is 16.5. The summed E-state index contributed by atoms with van der Waals surface area (Å²) in [5.41, 5.74) is -0.700. The van der Waals surface area contributed by atoms with Crippen molar-refractivity contribution in [3.63, 3.8) is 0 Å². The van der Waals surface area contributed by atoms with Crippen molar-refractivity contribution in [2.75, 3.05) is 13.2 Å². The summed E-state index contributed by atoms with van der Waals surface area (Å²) in [4.78, 5) is 27.0. The van der Waals surface area contributed by atoms with Crippen molar-refractivity contribution in [3.05, 3.63) is 0 Å². The normalized spacial score (nSPS) is 29.6. The number of carbonyl (C=O) groups is 2. The van der Waals surface area contributed by atoms with Crippen LogP contribution in [0.5, 0.6) is 0 Å². The van der Waals surface area contributed by atoms with Crippen LogP contribution in [-0.4, -0.2) is 47.6 Å². The van der Waals surface area contributed by atoms with E-state index in [0.717, 1.165) is 19.4 Å². The fraction of sp³-hybridized carbons (Fsp3) is 0.867. The summed E-state index contributed by atoms with van der Waals surface area (Å²) in [6.45, 7) is 7.19. The number of nitrogens with zero attached hydrogens (tertiary/aromatic N) is 1. The Kier molecular flexibility index (Phi) is 4.68. The summed E-state index contributed by atoms with van der Waals surface area (Å²) < 4.78 is 5.66. The Labute approximate surface area is 121 Å². The van der Waals surface area contributed by atoms with Crippen molar-refractivity contribution in [2.45, 2.75) is 70.6 Å². The highest BCUT2D eigenvalue weighted by Crippen LogP contribution is 2.31. The quantitative estimate of drug-likeness (QED) is 0.830. The number of rotatable bonds is 5. The molecule has 20 heavy (non-hydrogen) atoms. The van der Waals surface area contributed by atoms with E-state index < -0.39 is 5.54 Å². The Morgan fingerprint density at radius 2 is 2.00 bits per heavy atom. The largest absolute Gasteiger partial charge is 0.376 e. The highest BCUT2D eigenvalue weighted by Gasteiger charge is 2.50. The van der Waals surface area contributed by atoms with Gasteiger partial charge in [-0.05, 0) is 32.1 Å². The fourth-order valence-electron chi connectivity index (χ4n) is 3.36. The van der Waals surface area contributed by atoms with Gasteiger partial charge in [-0.3, -0.25) is 9.59 Å². The second kappa shape index (κ2) is 6.12. The molecule has 0 radical (unpaired) electrons. The maximum atomic E-state index is 12.7. The lowest BCUT2D eigenvalue weighted by molar-refractivity contribution is -0.160. The van der Waals surface area contributed by atoms with E-state index in [1.54, 1.807) is 4.90 Å². The molecule has 2 aliphatic heterocycles. The third-order valence-corrected chi connectivity index (χ3v) is 4.80. The Morgan fingerprint density at radius 1 is 1.30 bits per heavy atom. The molecule has 2 heterocycles. The molecule has 0 aromatic carbocycles. The summed E-state index contributed by atoms with van der Waals surface area (Å²) in [5, 5.41) is 2.89.